The van der Waals surface area contributed by atoms with E-state index in [9.17, 15) is 9.90 Å². The molecule has 220 valence electrons. The Morgan fingerprint density at radius 3 is 2.64 bits per heavy atom. The maximum atomic E-state index is 14.0. The number of allylic oxidation sites excluding steroid dienone is 3. The predicted octanol–water partition coefficient (Wildman–Crippen LogP) is 7.68. The van der Waals surface area contributed by atoms with Crippen LogP contribution in [0.3, 0.4) is 0 Å². The molecule has 7 unspecified atom stereocenters. The van der Waals surface area contributed by atoms with Crippen LogP contribution >= 0.6 is 0 Å². The van der Waals surface area contributed by atoms with Gasteiger partial charge in [-0.3, -0.25) is 4.79 Å². The zero-order valence-corrected chi connectivity index (χ0v) is 25.8. The number of carbonyl (C=O) groups excluding carboxylic acids is 1. The summed E-state index contributed by atoms with van der Waals surface area (Å²) in [6.45, 7) is 17.3. The van der Waals surface area contributed by atoms with Crippen LogP contribution < -0.4 is 0 Å². The predicted molar refractivity (Wildman–Crippen MR) is 156 cm³/mol. The number of aliphatic hydroxyl groups is 1. The van der Waals surface area contributed by atoms with Gasteiger partial charge in [0.05, 0.1) is 12.2 Å². The van der Waals surface area contributed by atoms with E-state index in [1.165, 1.54) is 11.1 Å². The van der Waals surface area contributed by atoms with Crippen LogP contribution in [0, 0.1) is 29.6 Å². The largest absolute Gasteiger partial charge is 0.462 e. The van der Waals surface area contributed by atoms with E-state index in [0.717, 1.165) is 50.5 Å². The van der Waals surface area contributed by atoms with Crippen molar-refractivity contribution >= 4 is 5.97 Å². The Labute approximate surface area is 237 Å². The maximum absolute atomic E-state index is 14.0. The van der Waals surface area contributed by atoms with Crippen molar-refractivity contribution in [2.45, 2.75) is 143 Å². The van der Waals surface area contributed by atoms with Crippen molar-refractivity contribution < 1.29 is 24.1 Å². The highest BCUT2D eigenvalue weighted by Crippen LogP contribution is 2.54. The second kappa shape index (κ2) is 12.2. The summed E-state index contributed by atoms with van der Waals surface area (Å²) >= 11 is 0. The van der Waals surface area contributed by atoms with Gasteiger partial charge in [0.25, 0.3) is 0 Å². The average Bonchev–Trinajstić information content (AvgIpc) is 3.23. The first kappa shape index (κ1) is 30.5. The molecule has 2 heterocycles. The molecule has 0 amide bonds. The van der Waals surface area contributed by atoms with Gasteiger partial charge in [0, 0.05) is 19.3 Å². The van der Waals surface area contributed by atoms with Crippen molar-refractivity contribution in [1.82, 2.24) is 0 Å². The molecule has 4 rings (SSSR count). The third kappa shape index (κ3) is 6.11. The Morgan fingerprint density at radius 1 is 1.23 bits per heavy atom. The molecule has 2 saturated heterocycles. The van der Waals surface area contributed by atoms with E-state index in [-0.39, 0.29) is 36.1 Å². The smallest absolute Gasteiger partial charge is 0.316 e. The van der Waals surface area contributed by atoms with Crippen LogP contribution in [-0.2, 0) is 19.0 Å². The third-order valence-corrected chi connectivity index (χ3v) is 10.3. The lowest BCUT2D eigenvalue weighted by atomic mass is 9.65. The molecule has 2 aliphatic heterocycles. The van der Waals surface area contributed by atoms with Crippen molar-refractivity contribution in [3.05, 3.63) is 34.9 Å². The van der Waals surface area contributed by atoms with Gasteiger partial charge < -0.3 is 19.3 Å². The highest BCUT2D eigenvalue weighted by molar-refractivity contribution is 5.78. The molecule has 10 atom stereocenters. The highest BCUT2D eigenvalue weighted by atomic mass is 16.7. The summed E-state index contributed by atoms with van der Waals surface area (Å²) in [5.41, 5.74) is 2.28. The van der Waals surface area contributed by atoms with Crippen LogP contribution in [-0.4, -0.2) is 40.8 Å². The molecule has 3 fully saturated rings. The summed E-state index contributed by atoms with van der Waals surface area (Å²) in [7, 11) is 0. The number of hydrogen-bond donors (Lipinski definition) is 1. The summed E-state index contributed by atoms with van der Waals surface area (Å²) in [6.07, 6.45) is 13.6. The van der Waals surface area contributed by atoms with Gasteiger partial charge in [0.15, 0.2) is 5.79 Å². The van der Waals surface area contributed by atoms with E-state index >= 15 is 0 Å². The molecule has 1 saturated carbocycles. The van der Waals surface area contributed by atoms with E-state index in [2.05, 4.69) is 67.5 Å². The number of ether oxygens (including phenoxy) is 3. The number of fused-ring (bicyclic) bond motifs is 1. The van der Waals surface area contributed by atoms with Crippen molar-refractivity contribution in [3.63, 3.8) is 0 Å². The minimum atomic E-state index is -1.16. The molecule has 39 heavy (non-hydrogen) atoms. The van der Waals surface area contributed by atoms with Crippen LogP contribution in [0.25, 0.3) is 0 Å². The van der Waals surface area contributed by atoms with Crippen LogP contribution in [0.4, 0.5) is 0 Å². The molecule has 0 aromatic carbocycles. The number of hydrogen-bond acceptors (Lipinski definition) is 5. The number of carbonyl (C=O) groups is 1. The summed E-state index contributed by atoms with van der Waals surface area (Å²) in [6, 6.07) is 0. The molecule has 1 spiro atoms. The van der Waals surface area contributed by atoms with Gasteiger partial charge in [-0.25, -0.2) is 0 Å². The lowest BCUT2D eigenvalue weighted by Gasteiger charge is -2.51. The highest BCUT2D eigenvalue weighted by Gasteiger charge is 2.57. The maximum Gasteiger partial charge on any atom is 0.316 e. The second-order valence-corrected chi connectivity index (χ2v) is 13.4. The summed E-state index contributed by atoms with van der Waals surface area (Å²) in [5.74, 6) is -0.493. The summed E-state index contributed by atoms with van der Waals surface area (Å²) in [4.78, 5) is 14.0. The standard InChI is InChI=1S/C34H54O5/c1-9-11-26-13-15-29-25(8)24(7)18-30(34(26,29)36)32(35)37-28-19-27(14-12-21(3)4)38-33(20-28)17-16-23(6)31(39-33)22(5)10-2/h11-12,18,22-23,25,27-31,36H,9-10,13-17,19-20H2,1-8H3/b26-11+/t22-,23-,25?,27?,28?,29?,30?,31?,33?,34-/m0/s1. The normalized spacial score (nSPS) is 42.1. The Hall–Kier alpha value is -1.43. The minimum Gasteiger partial charge on any atom is -0.462 e. The van der Waals surface area contributed by atoms with Crippen LogP contribution in [0.1, 0.15) is 113 Å². The monoisotopic (exact) mass is 542 g/mol. The lowest BCUT2D eigenvalue weighted by molar-refractivity contribution is -0.340. The number of esters is 1. The molecule has 5 heteroatoms. The van der Waals surface area contributed by atoms with E-state index in [4.69, 9.17) is 14.2 Å². The van der Waals surface area contributed by atoms with Crippen LogP contribution in [0.15, 0.2) is 34.9 Å². The fraction of sp³-hybridized carbons (Fsp3) is 0.794. The first-order valence-corrected chi connectivity index (χ1v) is 15.7. The Balaban J connectivity index is 1.60. The first-order chi connectivity index (χ1) is 18.4. The van der Waals surface area contributed by atoms with Gasteiger partial charge in [0.2, 0.25) is 0 Å². The first-order valence-electron chi connectivity index (χ1n) is 15.7. The van der Waals surface area contributed by atoms with Crippen LogP contribution in [0.2, 0.25) is 0 Å². The topological polar surface area (TPSA) is 65.0 Å². The third-order valence-electron chi connectivity index (χ3n) is 10.3. The molecule has 5 nitrogen and oxygen atoms in total. The van der Waals surface area contributed by atoms with Crippen LogP contribution in [0.5, 0.6) is 0 Å². The van der Waals surface area contributed by atoms with E-state index < -0.39 is 17.3 Å². The van der Waals surface area contributed by atoms with Gasteiger partial charge in [0.1, 0.15) is 17.6 Å². The van der Waals surface area contributed by atoms with Gasteiger partial charge in [-0.05, 0) is 82.1 Å². The van der Waals surface area contributed by atoms with E-state index in [0.29, 0.717) is 24.7 Å². The fourth-order valence-electron chi connectivity index (χ4n) is 7.79. The van der Waals surface area contributed by atoms with Gasteiger partial charge in [-0.15, -0.1) is 0 Å². The second-order valence-electron chi connectivity index (χ2n) is 13.4. The van der Waals surface area contributed by atoms with E-state index in [1.54, 1.807) is 0 Å². The Morgan fingerprint density at radius 2 is 1.97 bits per heavy atom. The van der Waals surface area contributed by atoms with Gasteiger partial charge in [-0.2, -0.15) is 0 Å². The van der Waals surface area contributed by atoms with Gasteiger partial charge >= 0.3 is 5.97 Å². The fourth-order valence-corrected chi connectivity index (χ4v) is 7.79. The van der Waals surface area contributed by atoms with E-state index in [1.807, 2.05) is 6.08 Å². The summed E-state index contributed by atoms with van der Waals surface area (Å²) in [5, 5.41) is 12.2. The van der Waals surface area contributed by atoms with Crippen molar-refractivity contribution in [3.8, 4) is 0 Å². The molecule has 0 aromatic rings. The van der Waals surface area contributed by atoms with Crippen molar-refractivity contribution in [2.75, 3.05) is 0 Å². The van der Waals surface area contributed by atoms with Crippen molar-refractivity contribution in [2.24, 2.45) is 29.6 Å². The number of rotatable bonds is 7. The summed E-state index contributed by atoms with van der Waals surface area (Å²) < 4.78 is 20.0. The van der Waals surface area contributed by atoms with Crippen molar-refractivity contribution in [1.29, 1.82) is 0 Å². The molecule has 2 aliphatic carbocycles. The zero-order chi connectivity index (χ0) is 28.5. The molecule has 0 bridgehead atoms. The molecule has 0 aromatic heterocycles. The average molecular weight is 543 g/mol. The Kier molecular flexibility index (Phi) is 9.55. The lowest BCUT2D eigenvalue weighted by Crippen LogP contribution is -2.56. The molecule has 0 radical (unpaired) electrons. The molecular formula is C34H54O5. The Bertz CT molecular complexity index is 972. The van der Waals surface area contributed by atoms with Gasteiger partial charge in [-0.1, -0.05) is 70.4 Å². The SMILES string of the molecule is CC/C=C1\CCC2C(C)C(C)=CC(C(=O)OC3CC(CC=C(C)C)OC4(CC[C@H](C)C([C@@H](C)CC)O4)C3)[C@]12O. The zero-order valence-electron chi connectivity index (χ0n) is 25.8. The minimum absolute atomic E-state index is 0.0451. The molecule has 1 N–H and O–H groups in total. The molecular weight excluding hydrogens is 488 g/mol. The molecule has 4 aliphatic rings. The quantitative estimate of drug-likeness (QED) is 0.264.